The maximum atomic E-state index is 13.2. The van der Waals surface area contributed by atoms with Gasteiger partial charge in [0.25, 0.3) is 0 Å². The molecule has 0 aliphatic carbocycles. The summed E-state index contributed by atoms with van der Waals surface area (Å²) in [4.78, 5) is 3.92. The Morgan fingerprint density at radius 3 is 2.82 bits per heavy atom. The van der Waals surface area contributed by atoms with Crippen LogP contribution >= 0.6 is 11.6 Å². The quantitative estimate of drug-likeness (QED) is 0.909. The van der Waals surface area contributed by atoms with Crippen molar-refractivity contribution in [1.29, 1.82) is 0 Å². The summed E-state index contributed by atoms with van der Waals surface area (Å²) >= 11 is 5.59. The molecule has 0 saturated heterocycles. The number of aromatic nitrogens is 1. The van der Waals surface area contributed by atoms with E-state index in [0.717, 1.165) is 0 Å². The normalized spacial score (nSPS) is 12.4. The first-order valence-corrected chi connectivity index (χ1v) is 5.56. The molecule has 0 aliphatic rings. The zero-order valence-electron chi connectivity index (χ0n) is 8.98. The van der Waals surface area contributed by atoms with E-state index in [-0.39, 0.29) is 5.02 Å². The van der Waals surface area contributed by atoms with E-state index < -0.39 is 11.9 Å². The fourth-order valence-electron chi connectivity index (χ4n) is 1.58. The zero-order valence-corrected chi connectivity index (χ0v) is 9.73. The first-order valence-electron chi connectivity index (χ1n) is 5.19. The van der Waals surface area contributed by atoms with Crippen LogP contribution in [0.4, 0.5) is 4.39 Å². The van der Waals surface area contributed by atoms with Gasteiger partial charge in [-0.3, -0.25) is 4.98 Å². The van der Waals surface area contributed by atoms with Gasteiger partial charge in [0.1, 0.15) is 5.82 Å². The first kappa shape index (κ1) is 12.0. The molecule has 1 atom stereocenters. The van der Waals surface area contributed by atoms with Crippen molar-refractivity contribution in [1.82, 2.24) is 4.98 Å². The molecule has 0 amide bonds. The Hall–Kier alpha value is -1.45. The Morgan fingerprint density at radius 1 is 1.35 bits per heavy atom. The molecule has 1 aromatic carbocycles. The van der Waals surface area contributed by atoms with Crippen LogP contribution < -0.4 is 0 Å². The van der Waals surface area contributed by atoms with Crippen LogP contribution in [0.1, 0.15) is 17.2 Å². The van der Waals surface area contributed by atoms with Crippen LogP contribution in [0.2, 0.25) is 5.02 Å². The van der Waals surface area contributed by atoms with Gasteiger partial charge in [0.05, 0.1) is 11.1 Å². The van der Waals surface area contributed by atoms with Crippen molar-refractivity contribution in [3.8, 4) is 0 Å². The molecule has 4 heteroatoms. The van der Waals surface area contributed by atoms with Gasteiger partial charge in [-0.25, -0.2) is 4.39 Å². The third kappa shape index (κ3) is 3.02. The summed E-state index contributed by atoms with van der Waals surface area (Å²) in [6, 6.07) is 8.06. The fourth-order valence-corrected chi connectivity index (χ4v) is 1.70. The second-order valence-corrected chi connectivity index (χ2v) is 4.16. The molecule has 2 nitrogen and oxygen atoms in total. The maximum Gasteiger partial charge on any atom is 0.142 e. The van der Waals surface area contributed by atoms with E-state index in [4.69, 9.17) is 11.6 Å². The van der Waals surface area contributed by atoms with E-state index in [1.54, 1.807) is 30.6 Å². The van der Waals surface area contributed by atoms with Crippen molar-refractivity contribution in [3.05, 3.63) is 64.7 Å². The summed E-state index contributed by atoms with van der Waals surface area (Å²) in [6.07, 6.45) is 2.87. The molecule has 1 heterocycles. The van der Waals surface area contributed by atoms with Crippen molar-refractivity contribution in [2.75, 3.05) is 0 Å². The number of hydrogen-bond acceptors (Lipinski definition) is 2. The number of rotatable bonds is 3. The summed E-state index contributed by atoms with van der Waals surface area (Å²) < 4.78 is 13.2. The number of aliphatic hydroxyl groups excluding tert-OH is 1. The lowest BCUT2D eigenvalue weighted by Gasteiger charge is -2.10. The predicted molar refractivity (Wildman–Crippen MR) is 64.3 cm³/mol. The molecule has 0 saturated carbocycles. The largest absolute Gasteiger partial charge is 0.388 e. The predicted octanol–water partition coefficient (Wildman–Crippen LogP) is 3.15. The molecule has 2 aromatic rings. The van der Waals surface area contributed by atoms with E-state index in [0.29, 0.717) is 17.5 Å². The van der Waals surface area contributed by atoms with Gasteiger partial charge in [0.15, 0.2) is 0 Å². The number of benzene rings is 1. The van der Waals surface area contributed by atoms with Gasteiger partial charge in [-0.1, -0.05) is 23.7 Å². The summed E-state index contributed by atoms with van der Waals surface area (Å²) in [5, 5.41) is 10.0. The Morgan fingerprint density at radius 2 is 2.18 bits per heavy atom. The van der Waals surface area contributed by atoms with Crippen LogP contribution in [0.15, 0.2) is 42.7 Å². The smallest absolute Gasteiger partial charge is 0.142 e. The molecule has 88 valence electrons. The lowest BCUT2D eigenvalue weighted by atomic mass is 10.0. The number of pyridine rings is 1. The molecule has 1 aromatic heterocycles. The highest BCUT2D eigenvalue weighted by molar-refractivity contribution is 6.30. The molecule has 0 radical (unpaired) electrons. The zero-order chi connectivity index (χ0) is 12.3. The van der Waals surface area contributed by atoms with Crippen molar-refractivity contribution < 1.29 is 9.50 Å². The van der Waals surface area contributed by atoms with Crippen molar-refractivity contribution >= 4 is 11.6 Å². The minimum atomic E-state index is -0.690. The first-order chi connectivity index (χ1) is 8.16. The van der Waals surface area contributed by atoms with Gasteiger partial charge in [0.2, 0.25) is 0 Å². The highest BCUT2D eigenvalue weighted by Crippen LogP contribution is 2.21. The minimum Gasteiger partial charge on any atom is -0.388 e. The topological polar surface area (TPSA) is 33.1 Å². The third-order valence-electron chi connectivity index (χ3n) is 2.48. The number of halogens is 2. The number of nitrogens with zero attached hydrogens (tertiary/aromatic N) is 1. The molecule has 0 fully saturated rings. The van der Waals surface area contributed by atoms with Crippen LogP contribution in [0.25, 0.3) is 0 Å². The van der Waals surface area contributed by atoms with E-state index in [1.807, 2.05) is 0 Å². The van der Waals surface area contributed by atoms with Gasteiger partial charge < -0.3 is 5.11 Å². The summed E-state index contributed by atoms with van der Waals surface area (Å²) in [5.74, 6) is -0.470. The van der Waals surface area contributed by atoms with Gasteiger partial charge in [0, 0.05) is 18.8 Å². The van der Waals surface area contributed by atoms with E-state index in [1.165, 1.54) is 12.1 Å². The molecular weight excluding hydrogens is 241 g/mol. The van der Waals surface area contributed by atoms with Crippen molar-refractivity contribution in [3.63, 3.8) is 0 Å². The van der Waals surface area contributed by atoms with Gasteiger partial charge >= 0.3 is 0 Å². The Bertz CT molecular complexity index is 504. The molecule has 1 N–H and O–H groups in total. The average Bonchev–Trinajstić information content (AvgIpc) is 2.35. The molecule has 2 rings (SSSR count). The lowest BCUT2D eigenvalue weighted by Crippen LogP contribution is -2.02. The monoisotopic (exact) mass is 251 g/mol. The standard InChI is InChI=1S/C13H11ClFNO/c14-11-4-3-9(6-12(11)15)7-13(17)10-2-1-5-16-8-10/h1-6,8,13,17H,7H2. The second kappa shape index (κ2) is 5.25. The Labute approximate surface area is 104 Å². The van der Waals surface area contributed by atoms with E-state index >= 15 is 0 Å². The number of aliphatic hydroxyl groups is 1. The highest BCUT2D eigenvalue weighted by atomic mass is 35.5. The molecule has 17 heavy (non-hydrogen) atoms. The van der Waals surface area contributed by atoms with Gasteiger partial charge in [-0.2, -0.15) is 0 Å². The van der Waals surface area contributed by atoms with Crippen molar-refractivity contribution in [2.45, 2.75) is 12.5 Å². The van der Waals surface area contributed by atoms with Crippen molar-refractivity contribution in [2.24, 2.45) is 0 Å². The molecule has 0 spiro atoms. The lowest BCUT2D eigenvalue weighted by molar-refractivity contribution is 0.178. The number of hydrogen-bond donors (Lipinski definition) is 1. The van der Waals surface area contributed by atoms with Gasteiger partial charge in [-0.15, -0.1) is 0 Å². The molecule has 0 aliphatic heterocycles. The van der Waals surface area contributed by atoms with Crippen LogP contribution in [0, 0.1) is 5.82 Å². The molecule has 1 unspecified atom stereocenters. The second-order valence-electron chi connectivity index (χ2n) is 3.75. The third-order valence-corrected chi connectivity index (χ3v) is 2.79. The minimum absolute atomic E-state index is 0.0876. The van der Waals surface area contributed by atoms with Crippen LogP contribution in [-0.2, 0) is 6.42 Å². The summed E-state index contributed by atoms with van der Waals surface area (Å²) in [6.45, 7) is 0. The summed E-state index contributed by atoms with van der Waals surface area (Å²) in [5.41, 5.74) is 1.41. The average molecular weight is 252 g/mol. The van der Waals surface area contributed by atoms with E-state index in [9.17, 15) is 9.50 Å². The fraction of sp³-hybridized carbons (Fsp3) is 0.154. The van der Waals surface area contributed by atoms with Crippen LogP contribution in [-0.4, -0.2) is 10.1 Å². The Kier molecular flexibility index (Phi) is 3.71. The molecule has 0 bridgehead atoms. The van der Waals surface area contributed by atoms with E-state index in [2.05, 4.69) is 4.98 Å². The maximum absolute atomic E-state index is 13.2. The van der Waals surface area contributed by atoms with Crippen LogP contribution in [0.3, 0.4) is 0 Å². The van der Waals surface area contributed by atoms with Crippen LogP contribution in [0.5, 0.6) is 0 Å². The SMILES string of the molecule is OC(Cc1ccc(Cl)c(F)c1)c1cccnc1. The highest BCUT2D eigenvalue weighted by Gasteiger charge is 2.10. The van der Waals surface area contributed by atoms with Gasteiger partial charge in [-0.05, 0) is 29.3 Å². The Balaban J connectivity index is 2.13. The molecular formula is C13H11ClFNO. The summed E-state index contributed by atoms with van der Waals surface area (Å²) in [7, 11) is 0.